The van der Waals surface area contributed by atoms with Crippen molar-refractivity contribution in [3.05, 3.63) is 154 Å². The molecule has 2 fully saturated rings. The van der Waals surface area contributed by atoms with Gasteiger partial charge in [0, 0.05) is 57.0 Å². The van der Waals surface area contributed by atoms with E-state index in [1.54, 1.807) is 12.1 Å². The number of nitrogen functional groups attached to an aromatic ring is 1. The molecule has 5 aromatic carbocycles. The summed E-state index contributed by atoms with van der Waals surface area (Å²) in [5, 5.41) is 15.6. The van der Waals surface area contributed by atoms with E-state index in [4.69, 9.17) is 15.2 Å². The normalized spacial score (nSPS) is 18.3. The highest BCUT2D eigenvalue weighted by Crippen LogP contribution is 2.39. The van der Waals surface area contributed by atoms with Gasteiger partial charge in [0.2, 0.25) is 11.8 Å². The Morgan fingerprint density at radius 2 is 1.46 bits per heavy atom. The summed E-state index contributed by atoms with van der Waals surface area (Å²) < 4.78 is 15.3. The number of unbranched alkanes of at least 4 members (excludes halogenated alkanes) is 3. The Bertz CT molecular complexity index is 2510. The molecule has 0 spiro atoms. The lowest BCUT2D eigenvalue weighted by molar-refractivity contribution is -0.253. The molecule has 3 heterocycles. The Morgan fingerprint density at radius 1 is 0.746 bits per heavy atom. The first-order valence-corrected chi connectivity index (χ1v) is 22.3. The molecule has 12 heteroatoms. The summed E-state index contributed by atoms with van der Waals surface area (Å²) >= 11 is 0. The Labute approximate surface area is 368 Å². The molecule has 328 valence electrons. The number of nitrogens with one attached hydrogen (secondary N) is 3. The number of aliphatic hydroxyl groups excluding tert-OH is 1. The van der Waals surface area contributed by atoms with E-state index in [1.165, 1.54) is 0 Å². The predicted octanol–water partition coefficient (Wildman–Crippen LogP) is 8.55. The number of aliphatic hydroxyl groups is 1. The number of anilines is 2. The van der Waals surface area contributed by atoms with E-state index < -0.39 is 6.29 Å². The molecule has 6 N–H and O–H groups in total. The van der Waals surface area contributed by atoms with Crippen LogP contribution in [0, 0.1) is 0 Å². The predicted molar refractivity (Wildman–Crippen MR) is 247 cm³/mol. The molecule has 0 unspecified atom stereocenters. The summed E-state index contributed by atoms with van der Waals surface area (Å²) in [7, 11) is 0. The van der Waals surface area contributed by atoms with Crippen LogP contribution < -0.4 is 22.1 Å². The molecule has 0 radical (unpaired) electrons. The number of hydrogen-bond donors (Lipinski definition) is 5. The van der Waals surface area contributed by atoms with Crippen LogP contribution in [-0.4, -0.2) is 57.1 Å². The van der Waals surface area contributed by atoms with Crippen LogP contribution >= 0.6 is 0 Å². The number of nitrogens with two attached hydrogens (primary N) is 1. The van der Waals surface area contributed by atoms with Gasteiger partial charge in [0.1, 0.15) is 0 Å². The Kier molecular flexibility index (Phi) is 14.4. The number of aromatic amines is 1. The van der Waals surface area contributed by atoms with Crippen molar-refractivity contribution in [2.75, 3.05) is 30.7 Å². The number of likely N-dealkylation sites (tertiary alicyclic amines) is 1. The zero-order valence-electron chi connectivity index (χ0n) is 35.7. The molecule has 12 nitrogen and oxygen atoms in total. The number of rotatable bonds is 17. The van der Waals surface area contributed by atoms with Crippen molar-refractivity contribution in [2.24, 2.45) is 0 Å². The van der Waals surface area contributed by atoms with Gasteiger partial charge in [-0.1, -0.05) is 104 Å². The quantitative estimate of drug-likeness (QED) is 0.0450. The van der Waals surface area contributed by atoms with Crippen molar-refractivity contribution in [3.63, 3.8) is 0 Å². The number of hydrogen-bond acceptors (Lipinski definition) is 8. The van der Waals surface area contributed by atoms with E-state index in [2.05, 4.69) is 56.9 Å². The minimum Gasteiger partial charge on any atom is -0.397 e. The third kappa shape index (κ3) is 11.3. The second kappa shape index (κ2) is 20.9. The van der Waals surface area contributed by atoms with Gasteiger partial charge in [-0.25, -0.2) is 4.79 Å². The van der Waals surface area contributed by atoms with Gasteiger partial charge in [-0.3, -0.25) is 14.2 Å². The number of nitrogens with zero attached hydrogens (tertiary/aromatic N) is 2. The van der Waals surface area contributed by atoms with Crippen LogP contribution in [0.15, 0.2) is 126 Å². The average molecular weight is 851 g/mol. The van der Waals surface area contributed by atoms with Crippen LogP contribution in [0.4, 0.5) is 11.4 Å². The van der Waals surface area contributed by atoms with Crippen LogP contribution in [0.3, 0.4) is 0 Å². The first kappa shape index (κ1) is 43.6. The molecular formula is C51H58N6O6. The number of fused-ring (bicyclic) bond motifs is 1. The number of carbonyl (C=O) groups is 2. The maximum Gasteiger partial charge on any atom is 0.326 e. The van der Waals surface area contributed by atoms with Gasteiger partial charge >= 0.3 is 5.69 Å². The molecular weight excluding hydrogens is 793 g/mol. The summed E-state index contributed by atoms with van der Waals surface area (Å²) in [5.41, 5.74) is 14.8. The molecule has 8 rings (SSSR count). The third-order valence-electron chi connectivity index (χ3n) is 12.3. The second-order valence-corrected chi connectivity index (χ2v) is 16.8. The highest BCUT2D eigenvalue weighted by Gasteiger charge is 2.34. The lowest BCUT2D eigenvalue weighted by Gasteiger charge is -2.40. The number of para-hydroxylation sites is 4. The maximum atomic E-state index is 12.9. The fourth-order valence-electron chi connectivity index (χ4n) is 8.85. The summed E-state index contributed by atoms with van der Waals surface area (Å²) in [5.74, 6) is -0.0365. The minimum atomic E-state index is -0.566. The molecule has 2 saturated heterocycles. The van der Waals surface area contributed by atoms with Gasteiger partial charge in [-0.05, 0) is 83.8 Å². The zero-order chi connectivity index (χ0) is 43.5. The van der Waals surface area contributed by atoms with Gasteiger partial charge in [-0.2, -0.15) is 0 Å². The molecule has 1 aromatic heterocycles. The summed E-state index contributed by atoms with van der Waals surface area (Å²) in [6, 6.07) is 39.8. The van der Waals surface area contributed by atoms with E-state index in [9.17, 15) is 19.5 Å². The summed E-state index contributed by atoms with van der Waals surface area (Å²) in [6.45, 7) is 2.92. The van der Waals surface area contributed by atoms with Crippen LogP contribution in [0.2, 0.25) is 0 Å². The maximum absolute atomic E-state index is 12.9. The van der Waals surface area contributed by atoms with Crippen LogP contribution in [0.25, 0.3) is 22.2 Å². The lowest BCUT2D eigenvalue weighted by atomic mass is 9.98. The Balaban J connectivity index is 0.830. The average Bonchev–Trinajstić information content (AvgIpc) is 3.66. The van der Waals surface area contributed by atoms with Crippen molar-refractivity contribution < 1.29 is 24.2 Å². The monoisotopic (exact) mass is 850 g/mol. The zero-order valence-corrected chi connectivity index (χ0v) is 35.7. The van der Waals surface area contributed by atoms with E-state index in [-0.39, 0.29) is 42.4 Å². The highest BCUT2D eigenvalue weighted by molar-refractivity contribution is 5.93. The SMILES string of the molecule is Nc1ccccc1NC(=O)CCCCCCC(=O)NCc1cccc(-c2ccc([C@@H]3O[C@H](CN4CCC(n5c(=O)[nH]c6ccccc65)CC4)C[C@H](c4ccc(CO)cc4)O3)cc2)c1. The topological polar surface area (TPSA) is 164 Å². The van der Waals surface area contributed by atoms with Gasteiger partial charge in [0.05, 0.1) is 41.2 Å². The highest BCUT2D eigenvalue weighted by atomic mass is 16.7. The van der Waals surface area contributed by atoms with E-state index in [1.807, 2.05) is 77.4 Å². The van der Waals surface area contributed by atoms with Crippen LogP contribution in [0.1, 0.15) is 98.5 Å². The standard InChI is InChI=1S/C51H58N6O6/c52-43-12-5-6-13-44(43)54-49(60)17-4-2-1-3-16-48(59)53-32-36-10-9-11-40(30-36)37-22-24-39(25-23-37)50-62-42(31-47(63-50)38-20-18-35(34-58)19-21-38)33-56-28-26-41(27-29-56)57-46-15-8-7-14-45(46)55-51(57)61/h5-15,18-25,30,41-42,47,50,58H,1-4,16-17,26-29,31-34,52H2,(H,53,59)(H,54,60)(H,55,61)/t42-,47+,50+/m0/s1. The lowest BCUT2D eigenvalue weighted by Crippen LogP contribution is -2.43. The molecule has 2 aliphatic rings. The number of benzene rings is 5. The van der Waals surface area contributed by atoms with Crippen molar-refractivity contribution in [2.45, 2.75) is 95.5 Å². The van der Waals surface area contributed by atoms with Crippen molar-refractivity contribution in [3.8, 4) is 11.1 Å². The number of aromatic nitrogens is 2. The van der Waals surface area contributed by atoms with Gasteiger partial charge in [-0.15, -0.1) is 0 Å². The number of imidazole rings is 1. The van der Waals surface area contributed by atoms with Gasteiger partial charge in [0.25, 0.3) is 0 Å². The molecule has 63 heavy (non-hydrogen) atoms. The largest absolute Gasteiger partial charge is 0.397 e. The van der Waals surface area contributed by atoms with E-state index in [0.717, 1.165) is 103 Å². The van der Waals surface area contributed by atoms with E-state index >= 15 is 0 Å². The van der Waals surface area contributed by atoms with Gasteiger partial charge < -0.3 is 40.8 Å². The molecule has 2 aliphatic heterocycles. The van der Waals surface area contributed by atoms with Crippen molar-refractivity contribution in [1.29, 1.82) is 0 Å². The Hall–Kier alpha value is -6.05. The van der Waals surface area contributed by atoms with Gasteiger partial charge in [0.15, 0.2) is 6.29 Å². The summed E-state index contributed by atoms with van der Waals surface area (Å²) in [4.78, 5) is 43.3. The van der Waals surface area contributed by atoms with E-state index in [0.29, 0.717) is 37.2 Å². The second-order valence-electron chi connectivity index (χ2n) is 16.8. The fourth-order valence-corrected chi connectivity index (χ4v) is 8.85. The summed E-state index contributed by atoms with van der Waals surface area (Å²) in [6.07, 6.45) is 5.78. The number of carbonyl (C=O) groups excluding carboxylic acids is 2. The first-order valence-electron chi connectivity index (χ1n) is 22.3. The van der Waals surface area contributed by atoms with Crippen molar-refractivity contribution >= 4 is 34.2 Å². The molecule has 0 aliphatic carbocycles. The molecule has 6 aromatic rings. The minimum absolute atomic E-state index is 0.0110. The van der Waals surface area contributed by atoms with Crippen LogP contribution in [-0.2, 0) is 32.2 Å². The Morgan fingerprint density at radius 3 is 2.22 bits per heavy atom. The fraction of sp³-hybridized carbons (Fsp3) is 0.353. The smallest absolute Gasteiger partial charge is 0.326 e. The van der Waals surface area contributed by atoms with Crippen molar-refractivity contribution in [1.82, 2.24) is 19.8 Å². The molecule has 2 amide bonds. The number of amides is 2. The molecule has 3 atom stereocenters. The first-order chi connectivity index (χ1) is 30.8. The number of piperidine rings is 1. The molecule has 0 bridgehead atoms. The number of H-pyrrole nitrogens is 1. The third-order valence-corrected chi connectivity index (χ3v) is 12.3. The number of ether oxygens (including phenoxy) is 2. The molecule has 0 saturated carbocycles. The van der Waals surface area contributed by atoms with Crippen LogP contribution in [0.5, 0.6) is 0 Å².